The van der Waals surface area contributed by atoms with Gasteiger partial charge in [0.1, 0.15) is 5.75 Å². The van der Waals surface area contributed by atoms with Crippen molar-refractivity contribution in [3.05, 3.63) is 51.7 Å². The highest BCUT2D eigenvalue weighted by Crippen LogP contribution is 2.27. The van der Waals surface area contributed by atoms with Crippen LogP contribution in [0.1, 0.15) is 29.2 Å². The molecule has 0 saturated heterocycles. The van der Waals surface area contributed by atoms with Crippen molar-refractivity contribution in [2.45, 2.75) is 25.3 Å². The Kier molecular flexibility index (Phi) is 3.82. The Morgan fingerprint density at radius 3 is 3.11 bits per heavy atom. The van der Waals surface area contributed by atoms with Gasteiger partial charge in [-0.3, -0.25) is 11.3 Å². The SMILES string of the molecule is NNC(CCc1ccc2c(c1)CCO2)c1ccsc1. The van der Waals surface area contributed by atoms with Crippen LogP contribution in [-0.2, 0) is 12.8 Å². The van der Waals surface area contributed by atoms with Crippen LogP contribution in [0.3, 0.4) is 0 Å². The van der Waals surface area contributed by atoms with Crippen LogP contribution in [0.15, 0.2) is 35.0 Å². The molecular formula is C15H18N2OS. The van der Waals surface area contributed by atoms with E-state index in [1.807, 2.05) is 0 Å². The molecule has 0 aliphatic carbocycles. The summed E-state index contributed by atoms with van der Waals surface area (Å²) in [7, 11) is 0. The first-order valence-corrected chi connectivity index (χ1v) is 7.54. The maximum Gasteiger partial charge on any atom is 0.122 e. The lowest BCUT2D eigenvalue weighted by Crippen LogP contribution is -2.28. The molecule has 100 valence electrons. The number of nitrogens with two attached hydrogens (primary N) is 1. The zero-order valence-electron chi connectivity index (χ0n) is 10.8. The third-order valence-corrected chi connectivity index (χ3v) is 4.32. The minimum absolute atomic E-state index is 0.232. The van der Waals surface area contributed by atoms with Crippen molar-refractivity contribution in [3.63, 3.8) is 0 Å². The van der Waals surface area contributed by atoms with E-state index in [1.165, 1.54) is 16.7 Å². The van der Waals surface area contributed by atoms with Gasteiger partial charge in [-0.25, -0.2) is 0 Å². The predicted molar refractivity (Wildman–Crippen MR) is 78.3 cm³/mol. The Balaban J connectivity index is 1.65. The van der Waals surface area contributed by atoms with Gasteiger partial charge in [0, 0.05) is 12.5 Å². The zero-order chi connectivity index (χ0) is 13.1. The Hall–Kier alpha value is -1.36. The molecule has 2 aromatic rings. The van der Waals surface area contributed by atoms with Crippen LogP contribution in [0, 0.1) is 0 Å². The van der Waals surface area contributed by atoms with Gasteiger partial charge in [0.25, 0.3) is 0 Å². The summed E-state index contributed by atoms with van der Waals surface area (Å²) in [6.07, 6.45) is 3.07. The van der Waals surface area contributed by atoms with Crippen LogP contribution in [0.4, 0.5) is 0 Å². The average Bonchev–Trinajstić information content (AvgIpc) is 3.10. The van der Waals surface area contributed by atoms with E-state index in [9.17, 15) is 0 Å². The first-order chi connectivity index (χ1) is 9.36. The van der Waals surface area contributed by atoms with E-state index in [0.717, 1.165) is 31.6 Å². The second kappa shape index (κ2) is 5.74. The maximum absolute atomic E-state index is 5.65. The fourth-order valence-corrected chi connectivity index (χ4v) is 3.24. The Bertz CT molecular complexity index is 539. The molecule has 0 spiro atoms. The second-order valence-electron chi connectivity index (χ2n) is 4.86. The molecular weight excluding hydrogens is 256 g/mol. The summed E-state index contributed by atoms with van der Waals surface area (Å²) in [5.74, 6) is 6.70. The Labute approximate surface area is 117 Å². The van der Waals surface area contributed by atoms with Gasteiger partial charge in [0.05, 0.1) is 6.61 Å². The highest BCUT2D eigenvalue weighted by molar-refractivity contribution is 7.07. The third-order valence-electron chi connectivity index (χ3n) is 3.62. The Morgan fingerprint density at radius 2 is 2.32 bits per heavy atom. The lowest BCUT2D eigenvalue weighted by atomic mass is 10.00. The van der Waals surface area contributed by atoms with Crippen LogP contribution in [0.2, 0.25) is 0 Å². The number of hydrazine groups is 1. The summed E-state index contributed by atoms with van der Waals surface area (Å²) in [5.41, 5.74) is 6.88. The van der Waals surface area contributed by atoms with Crippen LogP contribution >= 0.6 is 11.3 Å². The minimum Gasteiger partial charge on any atom is -0.493 e. The van der Waals surface area contributed by atoms with Gasteiger partial charge in [-0.15, -0.1) is 0 Å². The van der Waals surface area contributed by atoms with Gasteiger partial charge in [-0.1, -0.05) is 12.1 Å². The number of thiophene rings is 1. The minimum atomic E-state index is 0.232. The molecule has 1 aliphatic rings. The van der Waals surface area contributed by atoms with Crippen LogP contribution in [0.5, 0.6) is 5.75 Å². The van der Waals surface area contributed by atoms with Crippen molar-refractivity contribution in [2.75, 3.05) is 6.61 Å². The lowest BCUT2D eigenvalue weighted by molar-refractivity contribution is 0.357. The van der Waals surface area contributed by atoms with Crippen molar-refractivity contribution < 1.29 is 4.74 Å². The van der Waals surface area contributed by atoms with Crippen LogP contribution in [-0.4, -0.2) is 6.61 Å². The molecule has 4 heteroatoms. The second-order valence-corrected chi connectivity index (χ2v) is 5.64. The fraction of sp³-hybridized carbons (Fsp3) is 0.333. The molecule has 0 fully saturated rings. The van der Waals surface area contributed by atoms with Crippen molar-refractivity contribution in [3.8, 4) is 5.75 Å². The monoisotopic (exact) mass is 274 g/mol. The van der Waals surface area contributed by atoms with Crippen molar-refractivity contribution in [2.24, 2.45) is 5.84 Å². The number of nitrogens with one attached hydrogen (secondary N) is 1. The van der Waals surface area contributed by atoms with E-state index in [2.05, 4.69) is 40.5 Å². The van der Waals surface area contributed by atoms with E-state index in [4.69, 9.17) is 10.6 Å². The first-order valence-electron chi connectivity index (χ1n) is 6.59. The molecule has 3 rings (SSSR count). The summed E-state index contributed by atoms with van der Waals surface area (Å²) in [4.78, 5) is 0. The number of rotatable bonds is 5. The summed E-state index contributed by atoms with van der Waals surface area (Å²) in [5, 5.41) is 4.24. The average molecular weight is 274 g/mol. The molecule has 0 amide bonds. The number of fused-ring (bicyclic) bond motifs is 1. The normalized spacial score (nSPS) is 15.0. The molecule has 3 nitrogen and oxygen atoms in total. The smallest absolute Gasteiger partial charge is 0.122 e. The summed E-state index contributed by atoms with van der Waals surface area (Å²) in [6.45, 7) is 0.820. The zero-order valence-corrected chi connectivity index (χ0v) is 11.6. The molecule has 1 atom stereocenters. The van der Waals surface area contributed by atoms with Gasteiger partial charge in [0.15, 0.2) is 0 Å². The molecule has 0 radical (unpaired) electrons. The molecule has 0 bridgehead atoms. The van der Waals surface area contributed by atoms with Gasteiger partial charge >= 0.3 is 0 Å². The van der Waals surface area contributed by atoms with Gasteiger partial charge in [-0.05, 0) is 52.4 Å². The number of hydrogen-bond acceptors (Lipinski definition) is 4. The number of ether oxygens (including phenoxy) is 1. The number of hydrogen-bond donors (Lipinski definition) is 2. The summed E-state index contributed by atoms with van der Waals surface area (Å²) < 4.78 is 5.53. The predicted octanol–water partition coefficient (Wildman–Crippen LogP) is 2.82. The first kappa shape index (κ1) is 12.7. The van der Waals surface area contributed by atoms with Crippen molar-refractivity contribution >= 4 is 11.3 Å². The standard InChI is InChI=1S/C15H18N2OS/c16-17-14(13-6-8-19-10-13)3-1-11-2-4-15-12(9-11)5-7-18-15/h2,4,6,8-10,14,17H,1,3,5,7,16H2. The molecule has 0 saturated carbocycles. The maximum atomic E-state index is 5.65. The summed E-state index contributed by atoms with van der Waals surface area (Å²) >= 11 is 1.71. The largest absolute Gasteiger partial charge is 0.493 e. The van der Waals surface area contributed by atoms with Crippen LogP contribution < -0.4 is 16.0 Å². The molecule has 1 aromatic heterocycles. The molecule has 1 unspecified atom stereocenters. The van der Waals surface area contributed by atoms with E-state index in [0.29, 0.717) is 0 Å². The highest BCUT2D eigenvalue weighted by atomic mass is 32.1. The summed E-state index contributed by atoms with van der Waals surface area (Å²) in [6, 6.07) is 8.88. The van der Waals surface area contributed by atoms with Crippen molar-refractivity contribution in [1.29, 1.82) is 0 Å². The van der Waals surface area contributed by atoms with Gasteiger partial charge in [0.2, 0.25) is 0 Å². The third kappa shape index (κ3) is 2.81. The van der Waals surface area contributed by atoms with E-state index >= 15 is 0 Å². The highest BCUT2D eigenvalue weighted by Gasteiger charge is 2.14. The van der Waals surface area contributed by atoms with E-state index in [1.54, 1.807) is 11.3 Å². The number of aryl methyl sites for hydroxylation is 1. The molecule has 1 aliphatic heterocycles. The molecule has 2 heterocycles. The molecule has 1 aromatic carbocycles. The van der Waals surface area contributed by atoms with Gasteiger partial charge in [-0.2, -0.15) is 11.3 Å². The molecule has 3 N–H and O–H groups in total. The van der Waals surface area contributed by atoms with Crippen molar-refractivity contribution in [1.82, 2.24) is 5.43 Å². The van der Waals surface area contributed by atoms with E-state index < -0.39 is 0 Å². The quantitative estimate of drug-likeness (QED) is 0.651. The lowest BCUT2D eigenvalue weighted by Gasteiger charge is -2.14. The number of benzene rings is 1. The van der Waals surface area contributed by atoms with Gasteiger partial charge < -0.3 is 4.74 Å². The Morgan fingerprint density at radius 1 is 1.37 bits per heavy atom. The topological polar surface area (TPSA) is 47.3 Å². The molecule has 19 heavy (non-hydrogen) atoms. The van der Waals surface area contributed by atoms with E-state index in [-0.39, 0.29) is 6.04 Å². The van der Waals surface area contributed by atoms with Crippen LogP contribution in [0.25, 0.3) is 0 Å². The fourth-order valence-electron chi connectivity index (χ4n) is 2.53.